The number of carbonyl (C=O) groups is 2. The Morgan fingerprint density at radius 1 is 0.882 bits per heavy atom. The van der Waals surface area contributed by atoms with Gasteiger partial charge in [-0.3, -0.25) is 14.8 Å². The molecule has 11 heteroatoms. The molecule has 0 heterocycles. The zero-order valence-corrected chi connectivity index (χ0v) is 18.9. The third-order valence-electron chi connectivity index (χ3n) is 4.41. The van der Waals surface area contributed by atoms with Crippen LogP contribution in [0.4, 0.5) is 26.2 Å². The van der Waals surface area contributed by atoms with Gasteiger partial charge in [0.05, 0.1) is 17.2 Å². The van der Waals surface area contributed by atoms with Crippen LogP contribution in [0.15, 0.2) is 77.7 Å². The van der Waals surface area contributed by atoms with Crippen LogP contribution >= 0.6 is 0 Å². The molecule has 2 amide bonds. The second-order valence-corrected chi connectivity index (χ2v) is 8.58. The summed E-state index contributed by atoms with van der Waals surface area (Å²) >= 11 is 0. The summed E-state index contributed by atoms with van der Waals surface area (Å²) in [6.45, 7) is 0.345. The van der Waals surface area contributed by atoms with E-state index in [0.29, 0.717) is 11.4 Å². The van der Waals surface area contributed by atoms with Crippen LogP contribution in [-0.4, -0.2) is 40.7 Å². The smallest absolute Gasteiger partial charge is 0.411 e. The summed E-state index contributed by atoms with van der Waals surface area (Å²) in [4.78, 5) is 24.3. The van der Waals surface area contributed by atoms with Gasteiger partial charge in [0.2, 0.25) is 0 Å². The highest BCUT2D eigenvalue weighted by atomic mass is 32.2. The Labute approximate surface area is 195 Å². The van der Waals surface area contributed by atoms with E-state index in [2.05, 4.69) is 15.4 Å². The number of anilines is 3. The van der Waals surface area contributed by atoms with Gasteiger partial charge in [-0.15, -0.1) is 0 Å². The van der Waals surface area contributed by atoms with Crippen molar-refractivity contribution in [2.24, 2.45) is 0 Å². The van der Waals surface area contributed by atoms with Gasteiger partial charge in [0, 0.05) is 24.0 Å². The largest absolute Gasteiger partial charge is 0.447 e. The highest BCUT2D eigenvalue weighted by Gasteiger charge is 2.18. The van der Waals surface area contributed by atoms with Crippen LogP contribution in [0.25, 0.3) is 0 Å². The van der Waals surface area contributed by atoms with Gasteiger partial charge in [-0.05, 0) is 48.5 Å². The van der Waals surface area contributed by atoms with Gasteiger partial charge in [0.15, 0.2) is 0 Å². The number of carbonyl (C=O) groups excluding carboxylic acids is 2. The third kappa shape index (κ3) is 6.77. The van der Waals surface area contributed by atoms with Crippen LogP contribution in [0, 0.1) is 5.82 Å². The van der Waals surface area contributed by atoms with E-state index in [1.807, 2.05) is 0 Å². The van der Waals surface area contributed by atoms with Crippen molar-refractivity contribution in [3.05, 3.63) is 84.2 Å². The van der Waals surface area contributed by atoms with E-state index in [0.717, 1.165) is 6.07 Å². The van der Waals surface area contributed by atoms with E-state index >= 15 is 0 Å². The molecule has 3 aromatic carbocycles. The summed E-state index contributed by atoms with van der Waals surface area (Å²) in [5.74, 6) is -1.31. The number of rotatable bonds is 9. The van der Waals surface area contributed by atoms with Gasteiger partial charge >= 0.3 is 6.09 Å². The predicted molar refractivity (Wildman–Crippen MR) is 125 cm³/mol. The molecule has 178 valence electrons. The van der Waals surface area contributed by atoms with E-state index in [1.165, 1.54) is 55.6 Å². The lowest BCUT2D eigenvalue weighted by Crippen LogP contribution is -2.17. The maximum absolute atomic E-state index is 13.8. The minimum atomic E-state index is -4.13. The second kappa shape index (κ2) is 11.3. The zero-order valence-electron chi connectivity index (χ0n) is 18.1. The average Bonchev–Trinajstić information content (AvgIpc) is 2.81. The normalized spacial score (nSPS) is 10.9. The monoisotopic (exact) mass is 487 g/mol. The number of halogens is 1. The second-order valence-electron chi connectivity index (χ2n) is 6.90. The summed E-state index contributed by atoms with van der Waals surface area (Å²) in [5, 5.41) is 5.16. The SMILES string of the molecule is COCCOC(=O)Nc1cccc(NC(=O)c2cccc(S(=O)(=O)Nc3ccccc3F)c2)c1. The molecule has 0 radical (unpaired) electrons. The van der Waals surface area contributed by atoms with Crippen LogP contribution in [0.5, 0.6) is 0 Å². The maximum Gasteiger partial charge on any atom is 0.411 e. The van der Waals surface area contributed by atoms with Gasteiger partial charge in [-0.25, -0.2) is 17.6 Å². The number of methoxy groups -OCH3 is 1. The number of ether oxygens (including phenoxy) is 2. The average molecular weight is 488 g/mol. The van der Waals surface area contributed by atoms with Crippen LogP contribution in [0.1, 0.15) is 10.4 Å². The molecule has 0 aliphatic heterocycles. The Morgan fingerprint density at radius 2 is 1.59 bits per heavy atom. The summed E-state index contributed by atoms with van der Waals surface area (Å²) in [6, 6.07) is 17.0. The molecule has 0 saturated heterocycles. The van der Waals surface area contributed by atoms with Crippen molar-refractivity contribution in [1.29, 1.82) is 0 Å². The van der Waals surface area contributed by atoms with E-state index in [1.54, 1.807) is 18.2 Å². The lowest BCUT2D eigenvalue weighted by molar-refractivity contribution is 0.102. The lowest BCUT2D eigenvalue weighted by Gasteiger charge is -2.11. The fourth-order valence-corrected chi connectivity index (χ4v) is 3.91. The first-order chi connectivity index (χ1) is 16.3. The molecule has 0 fully saturated rings. The number of benzene rings is 3. The highest BCUT2D eigenvalue weighted by molar-refractivity contribution is 7.92. The molecule has 0 bridgehead atoms. The molecule has 3 aromatic rings. The van der Waals surface area contributed by atoms with E-state index in [9.17, 15) is 22.4 Å². The highest BCUT2D eigenvalue weighted by Crippen LogP contribution is 2.21. The van der Waals surface area contributed by atoms with Gasteiger partial charge in [0.1, 0.15) is 12.4 Å². The molecule has 9 nitrogen and oxygen atoms in total. The number of para-hydroxylation sites is 1. The van der Waals surface area contributed by atoms with E-state index < -0.39 is 27.8 Å². The molecule has 34 heavy (non-hydrogen) atoms. The van der Waals surface area contributed by atoms with Crippen molar-refractivity contribution >= 4 is 39.1 Å². The zero-order chi connectivity index (χ0) is 24.6. The fourth-order valence-electron chi connectivity index (χ4n) is 2.80. The quantitative estimate of drug-likeness (QED) is 0.391. The van der Waals surface area contributed by atoms with Crippen molar-refractivity contribution in [1.82, 2.24) is 0 Å². The standard InChI is InChI=1S/C23H22FN3O6S/c1-32-12-13-33-23(29)26-18-8-5-7-17(15-18)25-22(28)16-6-4-9-19(14-16)34(30,31)27-21-11-3-2-10-20(21)24/h2-11,14-15,27H,12-13H2,1H3,(H,25,28)(H,26,29). The molecule has 0 aliphatic carbocycles. The minimum absolute atomic E-state index is 0.0637. The van der Waals surface area contributed by atoms with Crippen LogP contribution in [0.3, 0.4) is 0 Å². The topological polar surface area (TPSA) is 123 Å². The van der Waals surface area contributed by atoms with Gasteiger partial charge in [-0.2, -0.15) is 0 Å². The molecule has 0 aliphatic rings. The Bertz CT molecular complexity index is 1280. The molecule has 0 unspecified atom stereocenters. The third-order valence-corrected chi connectivity index (χ3v) is 5.78. The van der Waals surface area contributed by atoms with Crippen molar-refractivity contribution < 1.29 is 31.9 Å². The van der Waals surface area contributed by atoms with Crippen molar-refractivity contribution in [2.45, 2.75) is 4.90 Å². The summed E-state index contributed by atoms with van der Waals surface area (Å²) in [6.07, 6.45) is -0.680. The Morgan fingerprint density at radius 3 is 2.32 bits per heavy atom. The summed E-state index contributed by atoms with van der Waals surface area (Å²) in [5.41, 5.74) is 0.597. The Kier molecular flexibility index (Phi) is 8.17. The lowest BCUT2D eigenvalue weighted by atomic mass is 10.2. The number of hydrogen-bond donors (Lipinski definition) is 3. The fraction of sp³-hybridized carbons (Fsp3) is 0.130. The molecule has 0 aromatic heterocycles. The van der Waals surface area contributed by atoms with E-state index in [-0.39, 0.29) is 29.4 Å². The van der Waals surface area contributed by atoms with Crippen LogP contribution < -0.4 is 15.4 Å². The number of nitrogens with one attached hydrogen (secondary N) is 3. The Balaban J connectivity index is 1.70. The first-order valence-electron chi connectivity index (χ1n) is 10.00. The van der Waals surface area contributed by atoms with Crippen LogP contribution in [-0.2, 0) is 19.5 Å². The minimum Gasteiger partial charge on any atom is -0.447 e. The number of sulfonamides is 1. The van der Waals surface area contributed by atoms with Crippen molar-refractivity contribution in [2.75, 3.05) is 35.7 Å². The van der Waals surface area contributed by atoms with Crippen molar-refractivity contribution in [3.63, 3.8) is 0 Å². The molecular weight excluding hydrogens is 465 g/mol. The van der Waals surface area contributed by atoms with E-state index in [4.69, 9.17) is 9.47 Å². The van der Waals surface area contributed by atoms with Gasteiger partial charge < -0.3 is 14.8 Å². The number of hydrogen-bond acceptors (Lipinski definition) is 6. The molecular formula is C23H22FN3O6S. The first kappa shape index (κ1) is 24.7. The molecule has 0 spiro atoms. The maximum atomic E-state index is 13.8. The summed E-state index contributed by atoms with van der Waals surface area (Å²) in [7, 11) is -2.65. The van der Waals surface area contributed by atoms with Gasteiger partial charge in [-0.1, -0.05) is 24.3 Å². The summed E-state index contributed by atoms with van der Waals surface area (Å²) < 4.78 is 51.1. The molecule has 3 N–H and O–H groups in total. The molecule has 3 rings (SSSR count). The number of amides is 2. The first-order valence-corrected chi connectivity index (χ1v) is 11.5. The van der Waals surface area contributed by atoms with Gasteiger partial charge in [0.25, 0.3) is 15.9 Å². The Hall–Kier alpha value is -3.96. The predicted octanol–water partition coefficient (Wildman–Crippen LogP) is 4.07. The molecule has 0 saturated carbocycles. The van der Waals surface area contributed by atoms with Crippen LogP contribution in [0.2, 0.25) is 0 Å². The van der Waals surface area contributed by atoms with Crippen molar-refractivity contribution in [3.8, 4) is 0 Å². The molecule has 0 atom stereocenters.